The number of carbonyl (C=O) groups is 1. The Bertz CT molecular complexity index is 259. The van der Waals surface area contributed by atoms with E-state index in [9.17, 15) is 9.90 Å². The number of nitrogens with zero attached hydrogens (tertiary/aromatic N) is 1. The second kappa shape index (κ2) is 5.83. The van der Waals surface area contributed by atoms with Gasteiger partial charge in [-0.1, -0.05) is 0 Å². The molecule has 0 bridgehead atoms. The van der Waals surface area contributed by atoms with Gasteiger partial charge in [0, 0.05) is 37.5 Å². The molecule has 1 heterocycles. The van der Waals surface area contributed by atoms with Crippen LogP contribution in [-0.2, 0) is 4.79 Å². The van der Waals surface area contributed by atoms with Crippen molar-refractivity contribution in [3.8, 4) is 0 Å². The minimum Gasteiger partial charge on any atom is -0.393 e. The Balaban J connectivity index is 2.26. The second-order valence-electron chi connectivity index (χ2n) is 6.06. The summed E-state index contributed by atoms with van der Waals surface area (Å²) in [7, 11) is 0. The first-order chi connectivity index (χ1) is 7.79. The fourth-order valence-electron chi connectivity index (χ4n) is 2.11. The minimum atomic E-state index is -0.305. The highest BCUT2D eigenvalue weighted by Crippen LogP contribution is 2.20. The zero-order valence-electron chi connectivity index (χ0n) is 11.5. The smallest absolute Gasteiger partial charge is 0.223 e. The molecule has 0 aromatic heterocycles. The summed E-state index contributed by atoms with van der Waals surface area (Å²) in [5.41, 5.74) is 0.0629. The molecule has 100 valence electrons. The van der Waals surface area contributed by atoms with Gasteiger partial charge in [-0.15, -0.1) is 0 Å². The van der Waals surface area contributed by atoms with Gasteiger partial charge < -0.3 is 15.3 Å². The zero-order chi connectivity index (χ0) is 13.1. The Labute approximate surface area is 104 Å². The van der Waals surface area contributed by atoms with Crippen molar-refractivity contribution in [2.45, 2.75) is 52.2 Å². The molecule has 2 atom stereocenters. The lowest BCUT2D eigenvalue weighted by Crippen LogP contribution is -2.39. The predicted molar refractivity (Wildman–Crippen MR) is 68.7 cm³/mol. The van der Waals surface area contributed by atoms with E-state index in [1.165, 1.54) is 0 Å². The fourth-order valence-corrected chi connectivity index (χ4v) is 2.11. The quantitative estimate of drug-likeness (QED) is 0.773. The molecule has 0 aliphatic carbocycles. The van der Waals surface area contributed by atoms with Crippen LogP contribution in [0.5, 0.6) is 0 Å². The number of hydrogen-bond acceptors (Lipinski definition) is 3. The molecular formula is C13H26N2O2. The van der Waals surface area contributed by atoms with Crippen molar-refractivity contribution in [2.75, 3.05) is 19.6 Å². The maximum absolute atomic E-state index is 11.9. The lowest BCUT2D eigenvalue weighted by Gasteiger charge is -2.22. The van der Waals surface area contributed by atoms with Crippen molar-refractivity contribution in [2.24, 2.45) is 5.92 Å². The Hall–Kier alpha value is -0.610. The Morgan fingerprint density at radius 2 is 2.18 bits per heavy atom. The van der Waals surface area contributed by atoms with Gasteiger partial charge in [0.15, 0.2) is 0 Å². The SMILES string of the molecule is CC(O)C1CCN(C(=O)CCNC(C)(C)C)C1. The third-order valence-corrected chi connectivity index (χ3v) is 3.25. The highest BCUT2D eigenvalue weighted by atomic mass is 16.3. The van der Waals surface area contributed by atoms with Crippen LogP contribution < -0.4 is 5.32 Å². The van der Waals surface area contributed by atoms with Crippen LogP contribution in [0.25, 0.3) is 0 Å². The second-order valence-corrected chi connectivity index (χ2v) is 6.06. The van der Waals surface area contributed by atoms with Crippen molar-refractivity contribution in [1.82, 2.24) is 10.2 Å². The lowest BCUT2D eigenvalue weighted by atomic mass is 10.0. The summed E-state index contributed by atoms with van der Waals surface area (Å²) in [5.74, 6) is 0.458. The molecule has 1 aliphatic heterocycles. The zero-order valence-corrected chi connectivity index (χ0v) is 11.5. The monoisotopic (exact) mass is 242 g/mol. The average molecular weight is 242 g/mol. The van der Waals surface area contributed by atoms with Gasteiger partial charge in [0.05, 0.1) is 6.10 Å². The first-order valence-corrected chi connectivity index (χ1v) is 6.50. The molecule has 1 rings (SSSR count). The van der Waals surface area contributed by atoms with E-state index in [-0.39, 0.29) is 23.5 Å². The molecule has 1 aliphatic rings. The summed E-state index contributed by atoms with van der Waals surface area (Å²) < 4.78 is 0. The molecule has 0 saturated carbocycles. The molecule has 1 fully saturated rings. The molecule has 2 unspecified atom stereocenters. The van der Waals surface area contributed by atoms with Crippen LogP contribution in [0.1, 0.15) is 40.5 Å². The summed E-state index contributed by atoms with van der Waals surface area (Å²) in [6, 6.07) is 0. The molecule has 4 nitrogen and oxygen atoms in total. The summed E-state index contributed by atoms with van der Waals surface area (Å²) in [6.45, 7) is 10.3. The van der Waals surface area contributed by atoms with Crippen LogP contribution >= 0.6 is 0 Å². The number of amides is 1. The highest BCUT2D eigenvalue weighted by molar-refractivity contribution is 5.76. The van der Waals surface area contributed by atoms with Crippen molar-refractivity contribution < 1.29 is 9.90 Å². The van der Waals surface area contributed by atoms with Crippen LogP contribution in [-0.4, -0.2) is 47.2 Å². The third kappa shape index (κ3) is 5.04. The molecule has 1 saturated heterocycles. The van der Waals surface area contributed by atoms with Crippen molar-refractivity contribution >= 4 is 5.91 Å². The van der Waals surface area contributed by atoms with Gasteiger partial charge in [-0.05, 0) is 34.1 Å². The topological polar surface area (TPSA) is 52.6 Å². The number of aliphatic hydroxyl groups is 1. The van der Waals surface area contributed by atoms with E-state index in [0.717, 1.165) is 19.5 Å². The molecular weight excluding hydrogens is 216 g/mol. The first kappa shape index (κ1) is 14.5. The molecule has 0 spiro atoms. The summed E-state index contributed by atoms with van der Waals surface area (Å²) in [5, 5.41) is 12.8. The molecule has 2 N–H and O–H groups in total. The molecule has 1 amide bonds. The van der Waals surface area contributed by atoms with Crippen LogP contribution in [0.3, 0.4) is 0 Å². The van der Waals surface area contributed by atoms with Crippen molar-refractivity contribution in [1.29, 1.82) is 0 Å². The van der Waals surface area contributed by atoms with Crippen LogP contribution in [0, 0.1) is 5.92 Å². The van der Waals surface area contributed by atoms with Crippen LogP contribution in [0.4, 0.5) is 0 Å². The Morgan fingerprint density at radius 1 is 1.53 bits per heavy atom. The minimum absolute atomic E-state index is 0.0629. The number of likely N-dealkylation sites (tertiary alicyclic amines) is 1. The normalized spacial score (nSPS) is 22.9. The molecule has 0 radical (unpaired) electrons. The number of hydrogen-bond donors (Lipinski definition) is 2. The number of rotatable bonds is 4. The Morgan fingerprint density at radius 3 is 2.65 bits per heavy atom. The average Bonchev–Trinajstić information content (AvgIpc) is 2.63. The summed E-state index contributed by atoms with van der Waals surface area (Å²) in [4.78, 5) is 13.8. The van der Waals surface area contributed by atoms with E-state index in [1.54, 1.807) is 6.92 Å². The first-order valence-electron chi connectivity index (χ1n) is 6.50. The van der Waals surface area contributed by atoms with E-state index >= 15 is 0 Å². The van der Waals surface area contributed by atoms with E-state index in [1.807, 2.05) is 4.90 Å². The van der Waals surface area contributed by atoms with Crippen LogP contribution in [0.2, 0.25) is 0 Å². The van der Waals surface area contributed by atoms with Gasteiger partial charge in [-0.25, -0.2) is 0 Å². The van der Waals surface area contributed by atoms with Gasteiger partial charge in [0.1, 0.15) is 0 Å². The maximum Gasteiger partial charge on any atom is 0.223 e. The summed E-state index contributed by atoms with van der Waals surface area (Å²) >= 11 is 0. The van der Waals surface area contributed by atoms with Gasteiger partial charge in [0.2, 0.25) is 5.91 Å². The maximum atomic E-state index is 11.9. The van der Waals surface area contributed by atoms with Gasteiger partial charge in [-0.3, -0.25) is 4.79 Å². The fraction of sp³-hybridized carbons (Fsp3) is 0.923. The lowest BCUT2D eigenvalue weighted by molar-refractivity contribution is -0.130. The van der Waals surface area contributed by atoms with Gasteiger partial charge in [0.25, 0.3) is 0 Å². The van der Waals surface area contributed by atoms with Crippen molar-refractivity contribution in [3.63, 3.8) is 0 Å². The molecule has 17 heavy (non-hydrogen) atoms. The summed E-state index contributed by atoms with van der Waals surface area (Å²) in [6.07, 6.45) is 1.17. The van der Waals surface area contributed by atoms with E-state index in [4.69, 9.17) is 0 Å². The highest BCUT2D eigenvalue weighted by Gasteiger charge is 2.28. The molecule has 4 heteroatoms. The number of carbonyl (C=O) groups excluding carboxylic acids is 1. The number of nitrogens with one attached hydrogen (secondary N) is 1. The number of aliphatic hydroxyl groups excluding tert-OH is 1. The molecule has 0 aromatic rings. The van der Waals surface area contributed by atoms with E-state index in [2.05, 4.69) is 26.1 Å². The third-order valence-electron chi connectivity index (χ3n) is 3.25. The molecule has 0 aromatic carbocycles. The van der Waals surface area contributed by atoms with Gasteiger partial charge >= 0.3 is 0 Å². The van der Waals surface area contributed by atoms with Crippen molar-refractivity contribution in [3.05, 3.63) is 0 Å². The van der Waals surface area contributed by atoms with Gasteiger partial charge in [-0.2, -0.15) is 0 Å². The standard InChI is InChI=1S/C13H26N2O2/c1-10(16)11-6-8-15(9-11)12(17)5-7-14-13(2,3)4/h10-11,14,16H,5-9H2,1-4H3. The predicted octanol–water partition coefficient (Wildman–Crippen LogP) is 0.994. The van der Waals surface area contributed by atoms with E-state index in [0.29, 0.717) is 13.0 Å². The van der Waals surface area contributed by atoms with Crippen LogP contribution in [0.15, 0.2) is 0 Å². The Kier molecular flexibility index (Phi) is 4.95. The van der Waals surface area contributed by atoms with E-state index < -0.39 is 0 Å². The largest absolute Gasteiger partial charge is 0.393 e.